The summed E-state index contributed by atoms with van der Waals surface area (Å²) in [6, 6.07) is 6.38. The lowest BCUT2D eigenvalue weighted by atomic mass is 9.98. The molecule has 1 aromatic carbocycles. The van der Waals surface area contributed by atoms with Gasteiger partial charge < -0.3 is 24.5 Å². The lowest BCUT2D eigenvalue weighted by molar-refractivity contribution is 0.0691. The van der Waals surface area contributed by atoms with Crippen molar-refractivity contribution in [1.29, 1.82) is 0 Å². The molecule has 1 saturated heterocycles. The maximum absolute atomic E-state index is 12.4. The predicted molar refractivity (Wildman–Crippen MR) is 128 cm³/mol. The number of carboxylic acids is 1. The van der Waals surface area contributed by atoms with Gasteiger partial charge >= 0.3 is 5.97 Å². The fourth-order valence-electron chi connectivity index (χ4n) is 5.19. The van der Waals surface area contributed by atoms with Crippen LogP contribution in [0, 0.1) is 0 Å². The number of aromatic nitrogens is 2. The summed E-state index contributed by atoms with van der Waals surface area (Å²) in [4.78, 5) is 29.0. The summed E-state index contributed by atoms with van der Waals surface area (Å²) in [5, 5.41) is 21.0. The third kappa shape index (κ3) is 3.92. The van der Waals surface area contributed by atoms with Crippen molar-refractivity contribution in [3.63, 3.8) is 0 Å². The highest BCUT2D eigenvalue weighted by molar-refractivity contribution is 5.93. The normalized spacial score (nSPS) is 17.9. The molecule has 1 unspecified atom stereocenters. The fourth-order valence-corrected chi connectivity index (χ4v) is 5.19. The van der Waals surface area contributed by atoms with Gasteiger partial charge in [-0.1, -0.05) is 0 Å². The summed E-state index contributed by atoms with van der Waals surface area (Å²) in [5.41, 5.74) is 3.93. The molecule has 8 nitrogen and oxygen atoms in total. The minimum absolute atomic E-state index is 0. The summed E-state index contributed by atoms with van der Waals surface area (Å²) in [7, 11) is 3.84. The van der Waals surface area contributed by atoms with Crippen LogP contribution in [0.25, 0.3) is 22.2 Å². The Morgan fingerprint density at radius 2 is 2.06 bits per heavy atom. The topological polar surface area (TPSA) is 108 Å². The number of pyridine rings is 1. The molecule has 3 aromatic rings. The average molecular weight is 474 g/mol. The molecule has 3 N–H and O–H groups in total. The molecule has 0 saturated carbocycles. The Balaban J connectivity index is 0.00000259. The van der Waals surface area contributed by atoms with Crippen LogP contribution in [0.5, 0.6) is 5.75 Å². The van der Waals surface area contributed by atoms with Gasteiger partial charge in [0.2, 0.25) is 0 Å². The van der Waals surface area contributed by atoms with Gasteiger partial charge in [0.25, 0.3) is 5.56 Å². The Kier molecular flexibility index (Phi) is 6.26. The largest absolute Gasteiger partial charge is 0.506 e. The zero-order chi connectivity index (χ0) is 22.6. The van der Waals surface area contributed by atoms with E-state index in [9.17, 15) is 19.8 Å². The maximum atomic E-state index is 12.4. The molecule has 0 amide bonds. The second kappa shape index (κ2) is 8.85. The molecule has 0 bridgehead atoms. The average Bonchev–Trinajstić information content (AvgIpc) is 3.27. The van der Waals surface area contributed by atoms with Crippen molar-refractivity contribution in [2.45, 2.75) is 38.3 Å². The Morgan fingerprint density at radius 3 is 2.76 bits per heavy atom. The summed E-state index contributed by atoms with van der Waals surface area (Å²) >= 11 is 0. The first-order chi connectivity index (χ1) is 15.4. The number of H-pyrrole nitrogens is 1. The number of rotatable bonds is 4. The van der Waals surface area contributed by atoms with Crippen LogP contribution in [-0.4, -0.2) is 56.9 Å². The molecule has 3 heterocycles. The van der Waals surface area contributed by atoms with E-state index in [1.54, 1.807) is 7.11 Å². The Hall–Kier alpha value is -2.81. The van der Waals surface area contributed by atoms with Crippen LogP contribution in [0.4, 0.5) is 0 Å². The second-order valence-electron chi connectivity index (χ2n) is 8.83. The van der Waals surface area contributed by atoms with Gasteiger partial charge in [-0.2, -0.15) is 0 Å². The first-order valence-corrected chi connectivity index (χ1v) is 11.0. The minimum Gasteiger partial charge on any atom is -0.506 e. The number of carbonyl (C=O) groups is 1. The van der Waals surface area contributed by atoms with E-state index in [2.05, 4.69) is 39.7 Å². The molecule has 2 aliphatic rings. The Morgan fingerprint density at radius 1 is 1.27 bits per heavy atom. The number of likely N-dealkylation sites (tertiary alicyclic amines) is 1. The van der Waals surface area contributed by atoms with Gasteiger partial charge in [-0.15, -0.1) is 12.4 Å². The number of methoxy groups -OCH3 is 1. The molecule has 2 aromatic heterocycles. The first kappa shape index (κ1) is 23.4. The van der Waals surface area contributed by atoms with Gasteiger partial charge in [-0.3, -0.25) is 9.69 Å². The van der Waals surface area contributed by atoms with E-state index in [-0.39, 0.29) is 18.5 Å². The van der Waals surface area contributed by atoms with Gasteiger partial charge in [0, 0.05) is 61.5 Å². The number of ether oxygens (including phenoxy) is 1. The van der Waals surface area contributed by atoms with Crippen LogP contribution in [0.2, 0.25) is 0 Å². The van der Waals surface area contributed by atoms with Gasteiger partial charge in [-0.25, -0.2) is 4.79 Å². The summed E-state index contributed by atoms with van der Waals surface area (Å²) in [6.07, 6.45) is 3.38. The molecular weight excluding hydrogens is 446 g/mol. The van der Waals surface area contributed by atoms with Crippen LogP contribution in [-0.2, 0) is 31.2 Å². The molecule has 9 heteroatoms. The third-order valence-electron chi connectivity index (χ3n) is 6.96. The van der Waals surface area contributed by atoms with Crippen molar-refractivity contribution in [3.05, 3.63) is 50.9 Å². The van der Waals surface area contributed by atoms with E-state index in [1.165, 1.54) is 5.69 Å². The molecule has 1 aliphatic heterocycles. The number of carboxylic acid groups (broad SMARTS) is 1. The molecule has 5 rings (SSSR count). The highest BCUT2D eigenvalue weighted by atomic mass is 35.5. The number of benzene rings is 1. The van der Waals surface area contributed by atoms with Crippen LogP contribution >= 0.6 is 12.4 Å². The van der Waals surface area contributed by atoms with Gasteiger partial charge in [0.1, 0.15) is 5.75 Å². The third-order valence-corrected chi connectivity index (χ3v) is 6.96. The number of hydrogen-bond acceptors (Lipinski definition) is 5. The number of aromatic carboxylic acids is 1. The van der Waals surface area contributed by atoms with Crippen molar-refractivity contribution in [3.8, 4) is 17.0 Å². The smallest absolute Gasteiger partial charge is 0.345 e. The van der Waals surface area contributed by atoms with E-state index in [0.29, 0.717) is 17.7 Å². The molecule has 1 fully saturated rings. The lowest BCUT2D eigenvalue weighted by Crippen LogP contribution is -2.23. The first-order valence-electron chi connectivity index (χ1n) is 11.0. The van der Waals surface area contributed by atoms with E-state index < -0.39 is 22.8 Å². The number of nitrogens with one attached hydrogen (secondary N) is 1. The van der Waals surface area contributed by atoms with Crippen LogP contribution in [0.3, 0.4) is 0 Å². The Labute approximate surface area is 197 Å². The number of aryl methyl sites for hydroxylation is 2. The van der Waals surface area contributed by atoms with E-state index >= 15 is 0 Å². The molecular formula is C24H28ClN3O5. The summed E-state index contributed by atoms with van der Waals surface area (Å²) in [5.74, 6) is -1.84. The number of halogens is 1. The summed E-state index contributed by atoms with van der Waals surface area (Å²) < 4.78 is 7.71. The highest BCUT2D eigenvalue weighted by Gasteiger charge is 2.27. The van der Waals surface area contributed by atoms with Crippen molar-refractivity contribution in [1.82, 2.24) is 14.5 Å². The van der Waals surface area contributed by atoms with Crippen molar-refractivity contribution in [2.75, 3.05) is 20.2 Å². The Bertz CT molecular complexity index is 1300. The zero-order valence-electron chi connectivity index (χ0n) is 18.7. The predicted octanol–water partition coefficient (Wildman–Crippen LogP) is 3.07. The van der Waals surface area contributed by atoms with Gasteiger partial charge in [-0.05, 0) is 49.4 Å². The fraction of sp³-hybridized carbons (Fsp3) is 0.417. The molecule has 33 heavy (non-hydrogen) atoms. The number of aromatic hydroxyl groups is 1. The van der Waals surface area contributed by atoms with Crippen LogP contribution < -0.4 is 5.56 Å². The SMILES string of the molecule is COC1CCN(Cc2cc3cc4c(cc3n2C)CCCc2c-4[nH]c(=O)c(C(=O)O)c2O)C1.Cl. The molecule has 176 valence electrons. The number of fused-ring (bicyclic) bond motifs is 4. The minimum atomic E-state index is -1.42. The van der Waals surface area contributed by atoms with Crippen molar-refractivity contribution < 1.29 is 19.7 Å². The highest BCUT2D eigenvalue weighted by Crippen LogP contribution is 2.38. The molecule has 1 aliphatic carbocycles. The van der Waals surface area contributed by atoms with Gasteiger partial charge in [0.05, 0.1) is 11.8 Å². The van der Waals surface area contributed by atoms with Crippen LogP contribution in [0.15, 0.2) is 23.0 Å². The number of aromatic amines is 1. The zero-order valence-corrected chi connectivity index (χ0v) is 19.5. The standard InChI is InChI=1S/C24H27N3O5.ClH/c1-26-15(11-27-7-6-16(12-27)32-2)8-14-9-18-13(10-19(14)26)4-3-5-17-21(18)25-23(29)20(22(17)28)24(30)31;/h8-10,16H,3-7,11-12H2,1-2H3,(H,30,31)(H2,25,28,29);1H. The molecule has 0 spiro atoms. The van der Waals surface area contributed by atoms with E-state index in [4.69, 9.17) is 4.74 Å². The number of nitrogens with zero attached hydrogens (tertiary/aromatic N) is 2. The van der Waals surface area contributed by atoms with E-state index in [0.717, 1.165) is 60.9 Å². The van der Waals surface area contributed by atoms with Crippen LogP contribution in [0.1, 0.15) is 40.0 Å². The van der Waals surface area contributed by atoms with E-state index in [1.807, 2.05) is 0 Å². The maximum Gasteiger partial charge on any atom is 0.345 e. The molecule has 1 atom stereocenters. The monoisotopic (exact) mass is 473 g/mol. The quantitative estimate of drug-likeness (QED) is 0.537. The second-order valence-corrected chi connectivity index (χ2v) is 8.83. The van der Waals surface area contributed by atoms with Gasteiger partial charge in [0.15, 0.2) is 5.56 Å². The molecule has 0 radical (unpaired) electrons. The lowest BCUT2D eigenvalue weighted by Gasteiger charge is -2.16. The van der Waals surface area contributed by atoms with Crippen molar-refractivity contribution in [2.24, 2.45) is 7.05 Å². The summed E-state index contributed by atoms with van der Waals surface area (Å²) in [6.45, 7) is 2.77. The van der Waals surface area contributed by atoms with Crippen molar-refractivity contribution >= 4 is 29.3 Å². The number of hydrogen-bond donors (Lipinski definition) is 3.